The summed E-state index contributed by atoms with van der Waals surface area (Å²) in [5, 5.41) is 7.00. The Kier molecular flexibility index (Phi) is 4.87. The first-order valence-corrected chi connectivity index (χ1v) is 3.22. The average Bonchev–Trinajstić information content (AvgIpc) is 2.41. The number of aromatic nitrogens is 2. The lowest BCUT2D eigenvalue weighted by molar-refractivity contribution is 0.399. The number of aliphatic hydroxyl groups excluding tert-OH is 1. The second-order valence-electron chi connectivity index (χ2n) is 1.76. The Bertz CT molecular complexity index is 255. The minimum atomic E-state index is 0.884. The van der Waals surface area contributed by atoms with Crippen molar-refractivity contribution in [3.63, 3.8) is 0 Å². The Morgan fingerprint density at radius 2 is 2.18 bits per heavy atom. The molecule has 0 radical (unpaired) electrons. The number of rotatable bonds is 0. The fraction of sp³-hybridized carbons (Fsp3) is 0.375. The maximum Gasteiger partial charge on any atom is 0.109 e. The first-order valence-electron chi connectivity index (χ1n) is 3.22. The predicted molar refractivity (Wildman–Crippen MR) is 44.0 cm³/mol. The molecule has 1 aromatic rings. The van der Waals surface area contributed by atoms with Gasteiger partial charge in [-0.1, -0.05) is 5.92 Å². The number of hydrogen-bond donors (Lipinski definition) is 2. The van der Waals surface area contributed by atoms with Crippen LogP contribution in [-0.4, -0.2) is 22.2 Å². The summed E-state index contributed by atoms with van der Waals surface area (Å²) in [5.74, 6) is 6.55. The zero-order valence-corrected chi connectivity index (χ0v) is 6.97. The maximum absolute atomic E-state index is 7.00. The zero-order chi connectivity index (χ0) is 8.69. The summed E-state index contributed by atoms with van der Waals surface area (Å²) in [4.78, 5) is 6.97. The molecule has 0 fully saturated rings. The van der Waals surface area contributed by atoms with E-state index in [4.69, 9.17) is 5.11 Å². The molecular formula is C8H12N2O. The molecule has 0 unspecified atom stereocenters. The summed E-state index contributed by atoms with van der Waals surface area (Å²) in [5.41, 5.74) is 0.884. The molecule has 0 saturated carbocycles. The fourth-order valence-electron chi connectivity index (χ4n) is 0.619. The van der Waals surface area contributed by atoms with Gasteiger partial charge in [0.2, 0.25) is 0 Å². The van der Waals surface area contributed by atoms with Gasteiger partial charge in [0, 0.05) is 7.11 Å². The van der Waals surface area contributed by atoms with Gasteiger partial charge in [0.25, 0.3) is 0 Å². The second-order valence-corrected chi connectivity index (χ2v) is 1.76. The molecule has 3 nitrogen and oxygen atoms in total. The van der Waals surface area contributed by atoms with E-state index in [1.807, 2.05) is 6.92 Å². The Balaban J connectivity index is 0.000000461. The first-order chi connectivity index (χ1) is 5.33. The van der Waals surface area contributed by atoms with E-state index in [-0.39, 0.29) is 0 Å². The summed E-state index contributed by atoms with van der Waals surface area (Å²) >= 11 is 0. The molecule has 0 bridgehead atoms. The molecule has 0 aromatic carbocycles. The molecule has 1 rings (SSSR count). The van der Waals surface area contributed by atoms with Gasteiger partial charge in [-0.15, -0.1) is 0 Å². The fourth-order valence-corrected chi connectivity index (χ4v) is 0.619. The van der Waals surface area contributed by atoms with Gasteiger partial charge in [-0.2, -0.15) is 0 Å². The van der Waals surface area contributed by atoms with E-state index in [0.717, 1.165) is 18.6 Å². The van der Waals surface area contributed by atoms with Gasteiger partial charge in [0.1, 0.15) is 11.5 Å². The van der Waals surface area contributed by atoms with Gasteiger partial charge in [0.05, 0.1) is 6.20 Å². The molecular weight excluding hydrogens is 140 g/mol. The van der Waals surface area contributed by atoms with Crippen molar-refractivity contribution in [3.05, 3.63) is 17.7 Å². The smallest absolute Gasteiger partial charge is 0.109 e. The number of nitrogens with zero attached hydrogens (tertiary/aromatic N) is 1. The minimum absolute atomic E-state index is 0.884. The number of hydrogen-bond acceptors (Lipinski definition) is 2. The highest BCUT2D eigenvalue weighted by molar-refractivity contribution is 5.24. The molecule has 2 N–H and O–H groups in total. The molecule has 3 heteroatoms. The lowest BCUT2D eigenvalue weighted by Crippen LogP contribution is -1.72. The van der Waals surface area contributed by atoms with Crippen molar-refractivity contribution < 1.29 is 5.11 Å². The van der Waals surface area contributed by atoms with Gasteiger partial charge in [0.15, 0.2) is 0 Å². The number of nitrogens with one attached hydrogen (secondary N) is 1. The van der Waals surface area contributed by atoms with Crippen LogP contribution in [0.25, 0.3) is 0 Å². The maximum atomic E-state index is 7.00. The van der Waals surface area contributed by atoms with E-state index in [1.54, 1.807) is 13.1 Å². The molecule has 0 aliphatic carbocycles. The second kappa shape index (κ2) is 5.51. The molecule has 0 amide bonds. The third-order valence-corrected chi connectivity index (χ3v) is 0.963. The van der Waals surface area contributed by atoms with Crippen LogP contribution in [0.4, 0.5) is 0 Å². The Morgan fingerprint density at radius 3 is 2.55 bits per heavy atom. The van der Waals surface area contributed by atoms with Crippen LogP contribution in [0, 0.1) is 18.8 Å². The van der Waals surface area contributed by atoms with Crippen molar-refractivity contribution >= 4 is 0 Å². The van der Waals surface area contributed by atoms with E-state index in [0.29, 0.717) is 0 Å². The number of aryl methyl sites for hydroxylation is 1. The summed E-state index contributed by atoms with van der Waals surface area (Å²) in [7, 11) is 1.00. The van der Waals surface area contributed by atoms with Crippen LogP contribution in [0.3, 0.4) is 0 Å². The lowest BCUT2D eigenvalue weighted by Gasteiger charge is -1.75. The van der Waals surface area contributed by atoms with Crippen molar-refractivity contribution in [2.45, 2.75) is 13.8 Å². The highest BCUT2D eigenvalue weighted by Gasteiger charge is 1.87. The summed E-state index contributed by atoms with van der Waals surface area (Å²) < 4.78 is 0. The summed E-state index contributed by atoms with van der Waals surface area (Å²) in [6.45, 7) is 3.71. The Labute approximate surface area is 66.5 Å². The Hall–Kier alpha value is -1.27. The minimum Gasteiger partial charge on any atom is -0.400 e. The molecule has 0 aliphatic rings. The standard InChI is InChI=1S/C7H8N2.CH4O/c1-3-4-7-5-8-6(2)9-7;1-2/h5H,1-2H3,(H,8,9);2H,1H3. The van der Waals surface area contributed by atoms with E-state index in [2.05, 4.69) is 21.8 Å². The molecule has 11 heavy (non-hydrogen) atoms. The van der Waals surface area contributed by atoms with Crippen molar-refractivity contribution in [1.82, 2.24) is 9.97 Å². The molecule has 60 valence electrons. The number of H-pyrrole nitrogens is 1. The van der Waals surface area contributed by atoms with Crippen LogP contribution in [0.2, 0.25) is 0 Å². The topological polar surface area (TPSA) is 48.9 Å². The third-order valence-electron chi connectivity index (χ3n) is 0.963. The Morgan fingerprint density at radius 1 is 1.55 bits per heavy atom. The van der Waals surface area contributed by atoms with Crippen LogP contribution < -0.4 is 0 Å². The van der Waals surface area contributed by atoms with Crippen molar-refractivity contribution in [2.75, 3.05) is 7.11 Å². The number of aliphatic hydroxyl groups is 1. The van der Waals surface area contributed by atoms with Crippen molar-refractivity contribution in [3.8, 4) is 11.8 Å². The average molecular weight is 152 g/mol. The highest BCUT2D eigenvalue weighted by Crippen LogP contribution is 1.91. The van der Waals surface area contributed by atoms with E-state index < -0.39 is 0 Å². The van der Waals surface area contributed by atoms with Gasteiger partial charge < -0.3 is 10.1 Å². The van der Waals surface area contributed by atoms with Gasteiger partial charge >= 0.3 is 0 Å². The number of imidazole rings is 1. The van der Waals surface area contributed by atoms with Crippen LogP contribution in [-0.2, 0) is 0 Å². The molecule has 0 aliphatic heterocycles. The van der Waals surface area contributed by atoms with Gasteiger partial charge in [-0.05, 0) is 19.8 Å². The monoisotopic (exact) mass is 152 g/mol. The largest absolute Gasteiger partial charge is 0.400 e. The predicted octanol–water partition coefficient (Wildman–Crippen LogP) is 0.698. The molecule has 0 spiro atoms. The van der Waals surface area contributed by atoms with E-state index >= 15 is 0 Å². The molecule has 0 atom stereocenters. The molecule has 1 heterocycles. The first kappa shape index (κ1) is 9.73. The van der Waals surface area contributed by atoms with Crippen LogP contribution in [0.1, 0.15) is 18.4 Å². The normalized spacial score (nSPS) is 7.27. The third kappa shape index (κ3) is 3.43. The SMILES string of the molecule is CC#Cc1cnc(C)[nH]1.CO. The van der Waals surface area contributed by atoms with Gasteiger partial charge in [-0.3, -0.25) is 0 Å². The van der Waals surface area contributed by atoms with Crippen LogP contribution >= 0.6 is 0 Å². The zero-order valence-electron chi connectivity index (χ0n) is 6.97. The van der Waals surface area contributed by atoms with E-state index in [9.17, 15) is 0 Å². The molecule has 0 saturated heterocycles. The number of aromatic amines is 1. The van der Waals surface area contributed by atoms with Crippen LogP contribution in [0.15, 0.2) is 6.20 Å². The van der Waals surface area contributed by atoms with Gasteiger partial charge in [-0.25, -0.2) is 4.98 Å². The molecule has 1 aromatic heterocycles. The highest BCUT2D eigenvalue weighted by atomic mass is 16.2. The van der Waals surface area contributed by atoms with Crippen molar-refractivity contribution in [2.24, 2.45) is 0 Å². The van der Waals surface area contributed by atoms with Crippen molar-refractivity contribution in [1.29, 1.82) is 0 Å². The quantitative estimate of drug-likeness (QED) is 0.537. The van der Waals surface area contributed by atoms with E-state index in [1.165, 1.54) is 0 Å². The van der Waals surface area contributed by atoms with Crippen LogP contribution in [0.5, 0.6) is 0 Å². The summed E-state index contributed by atoms with van der Waals surface area (Å²) in [6, 6.07) is 0. The lowest BCUT2D eigenvalue weighted by atomic mass is 10.5. The summed E-state index contributed by atoms with van der Waals surface area (Å²) in [6.07, 6.45) is 1.73.